The molecule has 2 aromatic rings. The molecule has 6 heteroatoms. The zero-order valence-electron chi connectivity index (χ0n) is 11.8. The number of hydrogen-bond donors (Lipinski definition) is 1. The summed E-state index contributed by atoms with van der Waals surface area (Å²) >= 11 is 0. The van der Waals surface area contributed by atoms with Gasteiger partial charge >= 0.3 is 0 Å². The van der Waals surface area contributed by atoms with Crippen LogP contribution in [0.15, 0.2) is 30.5 Å². The van der Waals surface area contributed by atoms with E-state index in [9.17, 15) is 4.79 Å². The van der Waals surface area contributed by atoms with Gasteiger partial charge in [0.15, 0.2) is 0 Å². The highest BCUT2D eigenvalue weighted by atomic mass is 16.5. The van der Waals surface area contributed by atoms with E-state index < -0.39 is 0 Å². The van der Waals surface area contributed by atoms with Crippen LogP contribution in [-0.4, -0.2) is 53.6 Å². The van der Waals surface area contributed by atoms with Crippen LogP contribution in [0.5, 0.6) is 0 Å². The summed E-state index contributed by atoms with van der Waals surface area (Å²) in [5, 5.41) is 4.11. The molecule has 21 heavy (non-hydrogen) atoms. The predicted molar refractivity (Wildman–Crippen MR) is 80.0 cm³/mol. The summed E-state index contributed by atoms with van der Waals surface area (Å²) in [6.07, 6.45) is 2.23. The minimum absolute atomic E-state index is 0.145. The van der Waals surface area contributed by atoms with Crippen molar-refractivity contribution in [1.82, 2.24) is 14.9 Å². The number of anilines is 1. The predicted octanol–water partition coefficient (Wildman–Crippen LogP) is 1.29. The van der Waals surface area contributed by atoms with Gasteiger partial charge in [0.25, 0.3) is 0 Å². The van der Waals surface area contributed by atoms with Crippen LogP contribution in [0.1, 0.15) is 6.42 Å². The fourth-order valence-electron chi connectivity index (χ4n) is 2.31. The minimum Gasteiger partial charge on any atom is -0.378 e. The van der Waals surface area contributed by atoms with Gasteiger partial charge in [-0.15, -0.1) is 0 Å². The first-order valence-corrected chi connectivity index (χ1v) is 7.14. The Morgan fingerprint density at radius 1 is 1.29 bits per heavy atom. The molecule has 0 bridgehead atoms. The van der Waals surface area contributed by atoms with Gasteiger partial charge in [-0.05, 0) is 6.07 Å². The van der Waals surface area contributed by atoms with Gasteiger partial charge in [-0.3, -0.25) is 4.79 Å². The molecule has 0 atom stereocenters. The summed E-state index contributed by atoms with van der Waals surface area (Å²) in [7, 11) is 0. The maximum Gasteiger partial charge on any atom is 0.224 e. The fourth-order valence-corrected chi connectivity index (χ4v) is 2.31. The Kier molecular flexibility index (Phi) is 4.25. The topological polar surface area (TPSA) is 67.4 Å². The van der Waals surface area contributed by atoms with E-state index in [-0.39, 0.29) is 5.91 Å². The summed E-state index contributed by atoms with van der Waals surface area (Å²) in [6.45, 7) is 3.17. The minimum atomic E-state index is 0.145. The van der Waals surface area contributed by atoms with E-state index >= 15 is 0 Å². The molecule has 2 heterocycles. The standard InChI is InChI=1S/C15H18N4O2/c20-14(19-7-9-21-10-8-19)5-6-16-15-17-11-12-3-1-2-4-13(12)18-15/h1-4,11H,5-10H2,(H,16,17,18). The fraction of sp³-hybridized carbons (Fsp3) is 0.400. The number of morpholine rings is 1. The largest absolute Gasteiger partial charge is 0.378 e. The van der Waals surface area contributed by atoms with Crippen LogP contribution in [0.4, 0.5) is 5.95 Å². The Morgan fingerprint density at radius 3 is 2.95 bits per heavy atom. The first kappa shape index (κ1) is 13.8. The number of ether oxygens (including phenoxy) is 1. The van der Waals surface area contributed by atoms with Crippen molar-refractivity contribution >= 4 is 22.8 Å². The Labute approximate surface area is 123 Å². The molecule has 0 aliphatic carbocycles. The lowest BCUT2D eigenvalue weighted by Crippen LogP contribution is -2.41. The van der Waals surface area contributed by atoms with Gasteiger partial charge < -0.3 is 15.0 Å². The van der Waals surface area contributed by atoms with Crippen molar-refractivity contribution in [2.24, 2.45) is 0 Å². The number of nitrogens with one attached hydrogen (secondary N) is 1. The number of amides is 1. The highest BCUT2D eigenvalue weighted by molar-refractivity contribution is 5.78. The number of aromatic nitrogens is 2. The van der Waals surface area contributed by atoms with E-state index in [1.807, 2.05) is 29.2 Å². The SMILES string of the molecule is O=C(CCNc1ncc2ccccc2n1)N1CCOCC1. The average Bonchev–Trinajstić information content (AvgIpc) is 2.55. The Bertz CT molecular complexity index is 626. The van der Waals surface area contributed by atoms with Crippen LogP contribution in [0, 0.1) is 0 Å². The van der Waals surface area contributed by atoms with Crippen LogP contribution in [-0.2, 0) is 9.53 Å². The number of carbonyl (C=O) groups is 1. The second-order valence-electron chi connectivity index (χ2n) is 4.92. The van der Waals surface area contributed by atoms with Crippen molar-refractivity contribution in [3.8, 4) is 0 Å². The molecule has 0 spiro atoms. The Balaban J connectivity index is 1.53. The third-order valence-electron chi connectivity index (χ3n) is 3.47. The number of nitrogens with zero attached hydrogens (tertiary/aromatic N) is 3. The Morgan fingerprint density at radius 2 is 2.10 bits per heavy atom. The summed E-state index contributed by atoms with van der Waals surface area (Å²) in [4.78, 5) is 22.5. The molecular weight excluding hydrogens is 268 g/mol. The monoisotopic (exact) mass is 286 g/mol. The van der Waals surface area contributed by atoms with Crippen molar-refractivity contribution in [3.63, 3.8) is 0 Å². The van der Waals surface area contributed by atoms with Crippen LogP contribution in [0.2, 0.25) is 0 Å². The summed E-state index contributed by atoms with van der Waals surface area (Å²) in [6, 6.07) is 7.82. The number of hydrogen-bond acceptors (Lipinski definition) is 5. The van der Waals surface area contributed by atoms with Crippen LogP contribution in [0.25, 0.3) is 10.9 Å². The van der Waals surface area contributed by atoms with E-state index in [0.29, 0.717) is 45.2 Å². The van der Waals surface area contributed by atoms with E-state index in [1.165, 1.54) is 0 Å². The number of fused-ring (bicyclic) bond motifs is 1. The summed E-state index contributed by atoms with van der Waals surface area (Å²) in [5.74, 6) is 0.704. The molecule has 0 saturated carbocycles. The van der Waals surface area contributed by atoms with E-state index in [1.54, 1.807) is 6.20 Å². The molecule has 1 aromatic carbocycles. The first-order valence-electron chi connectivity index (χ1n) is 7.14. The zero-order valence-corrected chi connectivity index (χ0v) is 11.8. The van der Waals surface area contributed by atoms with Crippen molar-refractivity contribution in [2.75, 3.05) is 38.2 Å². The van der Waals surface area contributed by atoms with Gasteiger partial charge in [0.2, 0.25) is 11.9 Å². The van der Waals surface area contributed by atoms with Gasteiger partial charge in [-0.1, -0.05) is 18.2 Å². The van der Waals surface area contributed by atoms with Crippen LogP contribution in [0.3, 0.4) is 0 Å². The van der Waals surface area contributed by atoms with Gasteiger partial charge in [0.05, 0.1) is 18.7 Å². The van der Waals surface area contributed by atoms with E-state index in [4.69, 9.17) is 4.74 Å². The summed E-state index contributed by atoms with van der Waals surface area (Å²) < 4.78 is 5.24. The number of carbonyl (C=O) groups excluding carboxylic acids is 1. The second kappa shape index (κ2) is 6.49. The third kappa shape index (κ3) is 3.46. The molecule has 1 aliphatic rings. The van der Waals surface area contributed by atoms with Crippen molar-refractivity contribution in [1.29, 1.82) is 0 Å². The highest BCUT2D eigenvalue weighted by Crippen LogP contribution is 2.11. The molecule has 6 nitrogen and oxygen atoms in total. The third-order valence-corrected chi connectivity index (χ3v) is 3.47. The molecule has 0 radical (unpaired) electrons. The van der Waals surface area contributed by atoms with Crippen LogP contribution >= 0.6 is 0 Å². The number of benzene rings is 1. The summed E-state index contributed by atoms with van der Waals surface area (Å²) in [5.41, 5.74) is 0.898. The van der Waals surface area contributed by atoms with E-state index in [0.717, 1.165) is 10.9 Å². The van der Waals surface area contributed by atoms with Crippen molar-refractivity contribution in [3.05, 3.63) is 30.5 Å². The highest BCUT2D eigenvalue weighted by Gasteiger charge is 2.16. The Hall–Kier alpha value is -2.21. The normalized spacial score (nSPS) is 15.1. The molecule has 1 fully saturated rings. The average molecular weight is 286 g/mol. The lowest BCUT2D eigenvalue weighted by molar-refractivity contribution is -0.134. The molecule has 1 amide bonds. The first-order chi connectivity index (χ1) is 10.3. The molecule has 1 saturated heterocycles. The molecular formula is C15H18N4O2. The van der Waals surface area contributed by atoms with Gasteiger partial charge in [0.1, 0.15) is 0 Å². The van der Waals surface area contributed by atoms with Gasteiger partial charge in [-0.2, -0.15) is 0 Å². The second-order valence-corrected chi connectivity index (χ2v) is 4.92. The van der Waals surface area contributed by atoms with Crippen LogP contribution < -0.4 is 5.32 Å². The smallest absolute Gasteiger partial charge is 0.224 e. The quantitative estimate of drug-likeness (QED) is 0.917. The molecule has 0 unspecified atom stereocenters. The number of para-hydroxylation sites is 1. The lowest BCUT2D eigenvalue weighted by atomic mass is 10.2. The number of rotatable bonds is 4. The van der Waals surface area contributed by atoms with Gasteiger partial charge in [-0.25, -0.2) is 9.97 Å². The molecule has 3 rings (SSSR count). The van der Waals surface area contributed by atoms with E-state index in [2.05, 4.69) is 15.3 Å². The van der Waals surface area contributed by atoms with Gasteiger partial charge in [0, 0.05) is 37.6 Å². The molecule has 1 N–H and O–H groups in total. The molecule has 110 valence electrons. The maximum atomic E-state index is 12.0. The van der Waals surface area contributed by atoms with Crippen molar-refractivity contribution < 1.29 is 9.53 Å². The molecule has 1 aliphatic heterocycles. The molecule has 1 aromatic heterocycles. The zero-order chi connectivity index (χ0) is 14.5. The lowest BCUT2D eigenvalue weighted by Gasteiger charge is -2.26. The maximum absolute atomic E-state index is 12.0. The van der Waals surface area contributed by atoms with Crippen molar-refractivity contribution in [2.45, 2.75) is 6.42 Å².